The van der Waals surface area contributed by atoms with Crippen LogP contribution in [0.2, 0.25) is 5.02 Å². The Bertz CT molecular complexity index is 656. The second kappa shape index (κ2) is 5.84. The van der Waals surface area contributed by atoms with Crippen molar-refractivity contribution in [2.75, 3.05) is 18.2 Å². The number of ether oxygens (including phenoxy) is 1. The van der Waals surface area contributed by atoms with Gasteiger partial charge in [0.25, 0.3) is 5.91 Å². The van der Waals surface area contributed by atoms with Crippen molar-refractivity contribution in [2.24, 2.45) is 0 Å². The van der Waals surface area contributed by atoms with Crippen molar-refractivity contribution in [3.8, 4) is 5.75 Å². The fourth-order valence-corrected chi connectivity index (χ4v) is 1.90. The zero-order valence-electron chi connectivity index (χ0n) is 11.2. The molecule has 20 heavy (non-hydrogen) atoms. The third kappa shape index (κ3) is 3.03. The van der Waals surface area contributed by atoms with Gasteiger partial charge in [0.15, 0.2) is 0 Å². The van der Waals surface area contributed by atoms with Gasteiger partial charge < -0.3 is 15.8 Å². The number of hydrogen-bond acceptors (Lipinski definition) is 3. The Hall–Kier alpha value is -2.20. The van der Waals surface area contributed by atoms with Gasteiger partial charge in [0.1, 0.15) is 5.75 Å². The Morgan fingerprint density at radius 3 is 2.65 bits per heavy atom. The lowest BCUT2D eigenvalue weighted by molar-refractivity contribution is 0.102. The Labute approximate surface area is 122 Å². The van der Waals surface area contributed by atoms with E-state index in [2.05, 4.69) is 5.32 Å². The van der Waals surface area contributed by atoms with Crippen molar-refractivity contribution in [1.82, 2.24) is 0 Å². The molecule has 0 bridgehead atoms. The minimum atomic E-state index is -0.268. The van der Waals surface area contributed by atoms with E-state index in [1.54, 1.807) is 31.4 Å². The van der Waals surface area contributed by atoms with Crippen LogP contribution in [0.1, 0.15) is 15.9 Å². The van der Waals surface area contributed by atoms with E-state index < -0.39 is 0 Å². The van der Waals surface area contributed by atoms with Gasteiger partial charge in [0.2, 0.25) is 0 Å². The van der Waals surface area contributed by atoms with Crippen LogP contribution in [0, 0.1) is 6.92 Å². The van der Waals surface area contributed by atoms with Crippen LogP contribution in [0.4, 0.5) is 11.4 Å². The molecule has 0 atom stereocenters. The number of nitrogens with one attached hydrogen (secondary N) is 1. The number of nitrogens with two attached hydrogens (primary N) is 1. The van der Waals surface area contributed by atoms with Crippen LogP contribution in [0.15, 0.2) is 36.4 Å². The van der Waals surface area contributed by atoms with E-state index in [0.29, 0.717) is 27.7 Å². The van der Waals surface area contributed by atoms with Crippen LogP contribution in [0.25, 0.3) is 0 Å². The minimum Gasteiger partial charge on any atom is -0.495 e. The highest BCUT2D eigenvalue weighted by molar-refractivity contribution is 6.33. The van der Waals surface area contributed by atoms with E-state index >= 15 is 0 Å². The Morgan fingerprint density at radius 1 is 1.25 bits per heavy atom. The molecule has 3 N–H and O–H groups in total. The number of anilines is 2. The highest BCUT2D eigenvalue weighted by atomic mass is 35.5. The maximum Gasteiger partial charge on any atom is 0.255 e. The number of aryl methyl sites for hydroxylation is 1. The fourth-order valence-electron chi connectivity index (χ4n) is 1.78. The predicted molar refractivity (Wildman–Crippen MR) is 81.5 cm³/mol. The first-order valence-electron chi connectivity index (χ1n) is 6.02. The zero-order chi connectivity index (χ0) is 14.7. The molecule has 0 heterocycles. The molecule has 2 aromatic carbocycles. The zero-order valence-corrected chi connectivity index (χ0v) is 12.0. The van der Waals surface area contributed by atoms with Gasteiger partial charge in [-0.15, -0.1) is 0 Å². The van der Waals surface area contributed by atoms with Crippen molar-refractivity contribution < 1.29 is 9.53 Å². The van der Waals surface area contributed by atoms with Gasteiger partial charge in [-0.05, 0) is 42.8 Å². The summed E-state index contributed by atoms with van der Waals surface area (Å²) in [6, 6.07) is 10.3. The van der Waals surface area contributed by atoms with Gasteiger partial charge in [-0.2, -0.15) is 0 Å². The van der Waals surface area contributed by atoms with E-state index in [4.69, 9.17) is 22.1 Å². The second-order valence-corrected chi connectivity index (χ2v) is 4.80. The van der Waals surface area contributed by atoms with Crippen LogP contribution >= 0.6 is 11.6 Å². The molecule has 0 saturated carbocycles. The second-order valence-electron chi connectivity index (χ2n) is 4.39. The first kappa shape index (κ1) is 14.2. The van der Waals surface area contributed by atoms with Crippen molar-refractivity contribution in [3.05, 3.63) is 52.5 Å². The molecule has 0 saturated heterocycles. The lowest BCUT2D eigenvalue weighted by Gasteiger charge is -2.11. The normalized spacial score (nSPS) is 10.2. The van der Waals surface area contributed by atoms with Crippen LogP contribution in [0.3, 0.4) is 0 Å². The Kier molecular flexibility index (Phi) is 4.15. The summed E-state index contributed by atoms with van der Waals surface area (Å²) in [7, 11) is 1.56. The lowest BCUT2D eigenvalue weighted by Crippen LogP contribution is -2.13. The number of benzene rings is 2. The molecule has 0 fully saturated rings. The SMILES string of the molecule is COc1cc(C)ccc1NC(=O)c1ccc(Cl)c(N)c1. The van der Waals surface area contributed by atoms with E-state index in [1.165, 1.54) is 0 Å². The van der Waals surface area contributed by atoms with Gasteiger partial charge >= 0.3 is 0 Å². The molecule has 1 amide bonds. The maximum atomic E-state index is 12.2. The molecule has 0 aromatic heterocycles. The average Bonchev–Trinajstić information content (AvgIpc) is 2.43. The summed E-state index contributed by atoms with van der Waals surface area (Å²) in [6.45, 7) is 1.95. The molecule has 0 unspecified atom stereocenters. The Balaban J connectivity index is 2.25. The van der Waals surface area contributed by atoms with Crippen LogP contribution in [-0.2, 0) is 0 Å². The third-order valence-electron chi connectivity index (χ3n) is 2.86. The molecule has 104 valence electrons. The summed E-state index contributed by atoms with van der Waals surface area (Å²) in [5, 5.41) is 3.21. The van der Waals surface area contributed by atoms with Crippen molar-refractivity contribution >= 4 is 28.9 Å². The number of carbonyl (C=O) groups excluding carboxylic acids is 1. The van der Waals surface area contributed by atoms with Crippen LogP contribution < -0.4 is 15.8 Å². The maximum absolute atomic E-state index is 12.2. The molecule has 2 rings (SSSR count). The number of halogens is 1. The van der Waals surface area contributed by atoms with Gasteiger partial charge in [-0.3, -0.25) is 4.79 Å². The largest absolute Gasteiger partial charge is 0.495 e. The van der Waals surface area contributed by atoms with Crippen LogP contribution in [0.5, 0.6) is 5.75 Å². The Morgan fingerprint density at radius 2 is 2.00 bits per heavy atom. The summed E-state index contributed by atoms with van der Waals surface area (Å²) in [5.41, 5.74) is 8.16. The van der Waals surface area contributed by atoms with Crippen molar-refractivity contribution in [3.63, 3.8) is 0 Å². The summed E-state index contributed by atoms with van der Waals surface area (Å²) >= 11 is 5.83. The topological polar surface area (TPSA) is 64.3 Å². The van der Waals surface area contributed by atoms with Gasteiger partial charge in [0, 0.05) is 5.56 Å². The highest BCUT2D eigenvalue weighted by Gasteiger charge is 2.11. The van der Waals surface area contributed by atoms with E-state index in [-0.39, 0.29) is 5.91 Å². The number of methoxy groups -OCH3 is 1. The van der Waals surface area contributed by atoms with Gasteiger partial charge in [-0.25, -0.2) is 0 Å². The molecular weight excluding hydrogens is 276 g/mol. The minimum absolute atomic E-state index is 0.268. The van der Waals surface area contributed by atoms with Crippen molar-refractivity contribution in [2.45, 2.75) is 6.92 Å². The summed E-state index contributed by atoms with van der Waals surface area (Å²) in [5.74, 6) is 0.343. The molecule has 0 aliphatic carbocycles. The van der Waals surface area contributed by atoms with E-state index in [9.17, 15) is 4.79 Å². The molecule has 2 aromatic rings. The van der Waals surface area contributed by atoms with E-state index in [1.807, 2.05) is 19.1 Å². The number of carbonyl (C=O) groups is 1. The smallest absolute Gasteiger partial charge is 0.255 e. The lowest BCUT2D eigenvalue weighted by atomic mass is 10.1. The summed E-state index contributed by atoms with van der Waals surface area (Å²) < 4.78 is 5.25. The molecule has 5 heteroatoms. The van der Waals surface area contributed by atoms with Crippen molar-refractivity contribution in [1.29, 1.82) is 0 Å². The number of amides is 1. The number of nitrogen functional groups attached to an aromatic ring is 1. The van der Waals surface area contributed by atoms with Gasteiger partial charge in [0.05, 0.1) is 23.5 Å². The number of rotatable bonds is 3. The monoisotopic (exact) mass is 290 g/mol. The molecule has 0 spiro atoms. The highest BCUT2D eigenvalue weighted by Crippen LogP contribution is 2.26. The fraction of sp³-hybridized carbons (Fsp3) is 0.133. The summed E-state index contributed by atoms with van der Waals surface area (Å²) in [6.07, 6.45) is 0. The standard InChI is InChI=1S/C15H15ClN2O2/c1-9-3-6-13(14(7-9)20-2)18-15(19)10-4-5-11(16)12(17)8-10/h3-8H,17H2,1-2H3,(H,18,19). The third-order valence-corrected chi connectivity index (χ3v) is 3.21. The molecule has 0 aliphatic heterocycles. The summed E-state index contributed by atoms with van der Waals surface area (Å²) in [4.78, 5) is 12.2. The predicted octanol–water partition coefficient (Wildman–Crippen LogP) is 3.49. The first-order chi connectivity index (χ1) is 9.51. The molecule has 4 nitrogen and oxygen atoms in total. The van der Waals surface area contributed by atoms with E-state index in [0.717, 1.165) is 5.56 Å². The van der Waals surface area contributed by atoms with Crippen LogP contribution in [-0.4, -0.2) is 13.0 Å². The quantitative estimate of drug-likeness (QED) is 0.851. The van der Waals surface area contributed by atoms with Gasteiger partial charge in [-0.1, -0.05) is 17.7 Å². The molecular formula is C15H15ClN2O2. The number of hydrogen-bond donors (Lipinski definition) is 2. The average molecular weight is 291 g/mol. The molecule has 0 aliphatic rings. The molecule has 0 radical (unpaired) electrons. The first-order valence-corrected chi connectivity index (χ1v) is 6.40.